The van der Waals surface area contributed by atoms with Gasteiger partial charge < -0.3 is 9.67 Å². The van der Waals surface area contributed by atoms with Crippen LogP contribution in [0.15, 0.2) is 42.7 Å². The molecule has 1 aliphatic carbocycles. The largest absolute Gasteiger partial charge is 0.490 e. The number of aliphatic carboxylic acids is 1. The van der Waals surface area contributed by atoms with Gasteiger partial charge in [-0.3, -0.25) is 4.98 Å². The van der Waals surface area contributed by atoms with Crippen molar-refractivity contribution in [2.75, 3.05) is 0 Å². The Labute approximate surface area is 164 Å². The van der Waals surface area contributed by atoms with Crippen LogP contribution >= 0.6 is 0 Å². The Balaban J connectivity index is 0.000000298. The molecular weight excluding hydrogens is 388 g/mol. The molecule has 0 radical (unpaired) electrons. The van der Waals surface area contributed by atoms with Crippen LogP contribution in [0.4, 0.5) is 17.6 Å². The van der Waals surface area contributed by atoms with Gasteiger partial charge in [0, 0.05) is 24.5 Å². The number of benzene rings is 1. The van der Waals surface area contributed by atoms with Crippen molar-refractivity contribution in [3.05, 3.63) is 54.1 Å². The number of aryl methyl sites for hydroxylation is 1. The Hall–Kier alpha value is -2.90. The summed E-state index contributed by atoms with van der Waals surface area (Å²) in [5.74, 6) is -2.11. The van der Waals surface area contributed by atoms with Gasteiger partial charge in [0.05, 0.1) is 11.0 Å². The number of aromatic nitrogens is 2. The molecule has 3 aromatic rings. The number of hydrogen-bond acceptors (Lipinski definition) is 2. The van der Waals surface area contributed by atoms with E-state index in [0.717, 1.165) is 29.1 Å². The smallest absolute Gasteiger partial charge is 0.475 e. The van der Waals surface area contributed by atoms with Crippen LogP contribution in [0, 0.1) is 18.7 Å². The summed E-state index contributed by atoms with van der Waals surface area (Å²) in [6.07, 6.45) is 2.97. The van der Waals surface area contributed by atoms with Crippen LogP contribution in [0.3, 0.4) is 0 Å². The number of hydrogen-bond donors (Lipinski definition) is 1. The van der Waals surface area contributed by atoms with E-state index in [1.54, 1.807) is 6.92 Å². The number of nitrogens with zero attached hydrogens (tertiary/aromatic N) is 2. The highest BCUT2D eigenvalue weighted by atomic mass is 19.4. The molecule has 0 unspecified atom stereocenters. The first kappa shape index (κ1) is 20.8. The molecule has 2 aromatic heterocycles. The summed E-state index contributed by atoms with van der Waals surface area (Å²) in [6, 6.07) is 9.49. The zero-order chi connectivity index (χ0) is 21.2. The second-order valence-electron chi connectivity index (χ2n) is 7.16. The quantitative estimate of drug-likeness (QED) is 0.576. The summed E-state index contributed by atoms with van der Waals surface area (Å²) < 4.78 is 47.5. The topological polar surface area (TPSA) is 55.1 Å². The number of pyridine rings is 1. The van der Waals surface area contributed by atoms with Gasteiger partial charge in [-0.1, -0.05) is 12.5 Å². The van der Waals surface area contributed by atoms with E-state index in [0.29, 0.717) is 5.56 Å². The molecule has 4 nitrogen and oxygen atoms in total. The third-order valence-corrected chi connectivity index (χ3v) is 5.03. The highest BCUT2D eigenvalue weighted by Crippen LogP contribution is 2.30. The number of fused-ring (bicyclic) bond motifs is 1. The van der Waals surface area contributed by atoms with Gasteiger partial charge in [-0.15, -0.1) is 0 Å². The molecule has 0 saturated heterocycles. The first-order valence-electron chi connectivity index (χ1n) is 9.16. The van der Waals surface area contributed by atoms with Crippen LogP contribution < -0.4 is 0 Å². The van der Waals surface area contributed by atoms with Gasteiger partial charge in [0.2, 0.25) is 0 Å². The fourth-order valence-corrected chi connectivity index (χ4v) is 3.16. The van der Waals surface area contributed by atoms with E-state index in [4.69, 9.17) is 9.90 Å². The molecule has 1 fully saturated rings. The predicted octanol–water partition coefficient (Wildman–Crippen LogP) is 5.58. The van der Waals surface area contributed by atoms with Crippen molar-refractivity contribution in [2.24, 2.45) is 5.92 Å². The minimum absolute atomic E-state index is 0.161. The van der Waals surface area contributed by atoms with Crippen LogP contribution in [0.5, 0.6) is 0 Å². The van der Waals surface area contributed by atoms with Crippen LogP contribution in [0.25, 0.3) is 22.2 Å². The number of alkyl halides is 3. The first-order valence-corrected chi connectivity index (χ1v) is 9.16. The third-order valence-electron chi connectivity index (χ3n) is 5.03. The van der Waals surface area contributed by atoms with Gasteiger partial charge in [-0.25, -0.2) is 9.18 Å². The standard InChI is InChI=1S/C19H19FN2.C2HF3O2/c1-13-9-15(5-6-17(13)20)16-10-19-18(21-11-16)7-8-22(19)12-14-3-2-4-14;3-2(4,5)1(6)7/h5-11,14H,2-4,12H2,1H3;(H,6,7). The Bertz CT molecular complexity index is 1020. The third kappa shape index (κ3) is 4.93. The van der Waals surface area contributed by atoms with Crippen molar-refractivity contribution < 1.29 is 27.5 Å². The zero-order valence-corrected chi connectivity index (χ0v) is 15.7. The van der Waals surface area contributed by atoms with E-state index in [1.807, 2.05) is 18.3 Å². The van der Waals surface area contributed by atoms with E-state index >= 15 is 0 Å². The van der Waals surface area contributed by atoms with Crippen molar-refractivity contribution in [1.29, 1.82) is 0 Å². The highest BCUT2D eigenvalue weighted by molar-refractivity contribution is 5.81. The summed E-state index contributed by atoms with van der Waals surface area (Å²) in [6.45, 7) is 2.88. The second kappa shape index (κ2) is 8.23. The molecule has 29 heavy (non-hydrogen) atoms. The van der Waals surface area contributed by atoms with Crippen molar-refractivity contribution >= 4 is 17.0 Å². The van der Waals surface area contributed by atoms with Crippen molar-refractivity contribution in [1.82, 2.24) is 9.55 Å². The maximum atomic E-state index is 13.5. The molecule has 1 aromatic carbocycles. The number of carboxylic acid groups (broad SMARTS) is 1. The molecular formula is C21H20F4N2O2. The lowest BCUT2D eigenvalue weighted by Gasteiger charge is -2.26. The maximum Gasteiger partial charge on any atom is 0.490 e. The van der Waals surface area contributed by atoms with E-state index in [9.17, 15) is 17.6 Å². The predicted molar refractivity (Wildman–Crippen MR) is 101 cm³/mol. The van der Waals surface area contributed by atoms with Crippen molar-refractivity contribution in [3.8, 4) is 11.1 Å². The average molecular weight is 408 g/mol. The first-order chi connectivity index (χ1) is 13.6. The molecule has 4 rings (SSSR count). The number of carboxylic acids is 1. The molecule has 0 spiro atoms. The Morgan fingerprint density at radius 2 is 1.90 bits per heavy atom. The van der Waals surface area contributed by atoms with Gasteiger partial charge in [0.25, 0.3) is 0 Å². The molecule has 1 saturated carbocycles. The molecule has 2 heterocycles. The van der Waals surface area contributed by atoms with Gasteiger partial charge in [-0.2, -0.15) is 13.2 Å². The normalized spacial score (nSPS) is 14.2. The molecule has 1 N–H and O–H groups in total. The van der Waals surface area contributed by atoms with Crippen molar-refractivity contribution in [2.45, 2.75) is 38.9 Å². The Kier molecular flexibility index (Phi) is 5.91. The number of carbonyl (C=O) groups is 1. The fourth-order valence-electron chi connectivity index (χ4n) is 3.16. The SMILES string of the molecule is Cc1cc(-c2cnc3ccn(CC4CCC4)c3c2)ccc1F.O=C(O)C(F)(F)F. The van der Waals surface area contributed by atoms with E-state index in [-0.39, 0.29) is 5.82 Å². The summed E-state index contributed by atoms with van der Waals surface area (Å²) in [5, 5.41) is 7.12. The van der Waals surface area contributed by atoms with Gasteiger partial charge in [-0.05, 0) is 61.1 Å². The van der Waals surface area contributed by atoms with Gasteiger partial charge >= 0.3 is 12.1 Å². The summed E-state index contributed by atoms with van der Waals surface area (Å²) >= 11 is 0. The molecule has 154 valence electrons. The maximum absolute atomic E-state index is 13.5. The highest BCUT2D eigenvalue weighted by Gasteiger charge is 2.38. The molecule has 0 atom stereocenters. The monoisotopic (exact) mass is 408 g/mol. The Morgan fingerprint density at radius 3 is 2.45 bits per heavy atom. The number of halogens is 4. The lowest BCUT2D eigenvalue weighted by atomic mass is 9.85. The molecule has 0 aliphatic heterocycles. The van der Waals surface area contributed by atoms with E-state index in [2.05, 4.69) is 27.9 Å². The molecule has 0 amide bonds. The average Bonchev–Trinajstić information content (AvgIpc) is 3.02. The lowest BCUT2D eigenvalue weighted by Crippen LogP contribution is -2.21. The summed E-state index contributed by atoms with van der Waals surface area (Å²) in [5.41, 5.74) is 4.93. The van der Waals surface area contributed by atoms with E-state index < -0.39 is 12.1 Å². The van der Waals surface area contributed by atoms with Crippen LogP contribution in [-0.4, -0.2) is 26.8 Å². The minimum Gasteiger partial charge on any atom is -0.475 e. The molecule has 8 heteroatoms. The zero-order valence-electron chi connectivity index (χ0n) is 15.7. The fraction of sp³-hybridized carbons (Fsp3) is 0.333. The Morgan fingerprint density at radius 1 is 1.21 bits per heavy atom. The van der Waals surface area contributed by atoms with Gasteiger partial charge in [0.1, 0.15) is 5.82 Å². The summed E-state index contributed by atoms with van der Waals surface area (Å²) in [7, 11) is 0. The molecule has 0 bridgehead atoms. The minimum atomic E-state index is -5.08. The lowest BCUT2D eigenvalue weighted by molar-refractivity contribution is -0.192. The van der Waals surface area contributed by atoms with Crippen LogP contribution in [0.1, 0.15) is 24.8 Å². The van der Waals surface area contributed by atoms with E-state index in [1.165, 1.54) is 30.8 Å². The van der Waals surface area contributed by atoms with Crippen LogP contribution in [0.2, 0.25) is 0 Å². The number of rotatable bonds is 3. The molecule has 1 aliphatic rings. The van der Waals surface area contributed by atoms with Crippen LogP contribution in [-0.2, 0) is 11.3 Å². The van der Waals surface area contributed by atoms with Crippen molar-refractivity contribution in [3.63, 3.8) is 0 Å². The second-order valence-corrected chi connectivity index (χ2v) is 7.16. The summed E-state index contributed by atoms with van der Waals surface area (Å²) in [4.78, 5) is 13.5. The van der Waals surface area contributed by atoms with Gasteiger partial charge in [0.15, 0.2) is 0 Å².